The van der Waals surface area contributed by atoms with Crippen LogP contribution >= 0.6 is 27.3 Å². The maximum absolute atomic E-state index is 11.8. The molecule has 0 fully saturated rings. The topological polar surface area (TPSA) is 55.4 Å². The van der Waals surface area contributed by atoms with Crippen molar-refractivity contribution in [2.24, 2.45) is 0 Å². The molecule has 4 nitrogen and oxygen atoms in total. The predicted molar refractivity (Wildman–Crippen MR) is 73.8 cm³/mol. The summed E-state index contributed by atoms with van der Waals surface area (Å²) >= 11 is 4.87. The first-order chi connectivity index (χ1) is 7.84. The van der Waals surface area contributed by atoms with Crippen LogP contribution in [-0.4, -0.2) is 27.4 Å². The van der Waals surface area contributed by atoms with Gasteiger partial charge in [0.2, 0.25) is 10.0 Å². The molecule has 0 aromatic carbocycles. The standard InChI is InChI=1S/C10H16BrNO3S2/c1-7(15-3)6-17(13,14)12-8(2)9-4-5-10(11)16-9/h4-5,7-8,12H,6H2,1-3H3/t7-,8+/m1/s1. The zero-order valence-corrected chi connectivity index (χ0v) is 13.2. The Morgan fingerprint density at radius 3 is 2.59 bits per heavy atom. The van der Waals surface area contributed by atoms with Gasteiger partial charge < -0.3 is 4.74 Å². The number of ether oxygens (including phenoxy) is 1. The molecule has 0 saturated carbocycles. The van der Waals surface area contributed by atoms with Crippen LogP contribution in [0.15, 0.2) is 15.9 Å². The van der Waals surface area contributed by atoms with Crippen molar-refractivity contribution < 1.29 is 13.2 Å². The van der Waals surface area contributed by atoms with Crippen LogP contribution in [0.25, 0.3) is 0 Å². The normalized spacial score (nSPS) is 15.8. The third-order valence-corrected chi connectivity index (χ3v) is 5.66. The summed E-state index contributed by atoms with van der Waals surface area (Å²) in [4.78, 5) is 0.977. The molecule has 7 heteroatoms. The lowest BCUT2D eigenvalue weighted by Crippen LogP contribution is -2.33. The highest BCUT2D eigenvalue weighted by atomic mass is 79.9. The smallest absolute Gasteiger partial charge is 0.214 e. The summed E-state index contributed by atoms with van der Waals surface area (Å²) in [5.74, 6) is -0.0274. The first kappa shape index (κ1) is 15.1. The molecule has 0 radical (unpaired) electrons. The van der Waals surface area contributed by atoms with Crippen LogP contribution in [0, 0.1) is 0 Å². The number of rotatable bonds is 6. The summed E-state index contributed by atoms with van der Waals surface area (Å²) < 4.78 is 32.2. The maximum atomic E-state index is 11.8. The summed E-state index contributed by atoms with van der Waals surface area (Å²) in [7, 11) is -1.81. The maximum Gasteiger partial charge on any atom is 0.214 e. The molecular formula is C10H16BrNO3S2. The largest absolute Gasteiger partial charge is 0.381 e. The van der Waals surface area contributed by atoms with E-state index in [9.17, 15) is 8.42 Å². The zero-order valence-electron chi connectivity index (χ0n) is 9.94. The quantitative estimate of drug-likeness (QED) is 0.864. The van der Waals surface area contributed by atoms with E-state index in [-0.39, 0.29) is 17.9 Å². The second-order valence-electron chi connectivity index (χ2n) is 3.81. The van der Waals surface area contributed by atoms with E-state index in [2.05, 4.69) is 20.7 Å². The lowest BCUT2D eigenvalue weighted by Gasteiger charge is -2.15. The van der Waals surface area contributed by atoms with Crippen LogP contribution < -0.4 is 4.72 Å². The van der Waals surface area contributed by atoms with Crippen molar-refractivity contribution in [3.05, 3.63) is 20.8 Å². The molecule has 0 aliphatic rings. The highest BCUT2D eigenvalue weighted by molar-refractivity contribution is 9.11. The van der Waals surface area contributed by atoms with Crippen LogP contribution in [-0.2, 0) is 14.8 Å². The van der Waals surface area contributed by atoms with Gasteiger partial charge in [0.05, 0.1) is 21.7 Å². The first-order valence-electron chi connectivity index (χ1n) is 5.12. The molecule has 0 saturated heterocycles. The van der Waals surface area contributed by atoms with Gasteiger partial charge in [-0.15, -0.1) is 11.3 Å². The first-order valence-corrected chi connectivity index (χ1v) is 8.38. The molecular weight excluding hydrogens is 326 g/mol. The fourth-order valence-corrected chi connectivity index (χ4v) is 4.33. The molecule has 1 heterocycles. The predicted octanol–water partition coefficient (Wildman–Crippen LogP) is 2.53. The Morgan fingerprint density at radius 1 is 1.47 bits per heavy atom. The fourth-order valence-electron chi connectivity index (χ4n) is 1.31. The molecule has 1 aromatic heterocycles. The minimum atomic E-state index is -3.31. The molecule has 2 atom stereocenters. The molecule has 0 aliphatic heterocycles. The Kier molecular flexibility index (Phi) is 5.59. The second kappa shape index (κ2) is 6.29. The highest BCUT2D eigenvalue weighted by Gasteiger charge is 2.19. The van der Waals surface area contributed by atoms with E-state index < -0.39 is 10.0 Å². The van der Waals surface area contributed by atoms with Crippen LogP contribution in [0.3, 0.4) is 0 Å². The molecule has 0 aliphatic carbocycles. The highest BCUT2D eigenvalue weighted by Crippen LogP contribution is 2.27. The Morgan fingerprint density at radius 2 is 2.12 bits per heavy atom. The van der Waals surface area contributed by atoms with Gasteiger partial charge >= 0.3 is 0 Å². The van der Waals surface area contributed by atoms with E-state index in [4.69, 9.17) is 4.74 Å². The van der Waals surface area contributed by atoms with Crippen molar-refractivity contribution in [3.63, 3.8) is 0 Å². The monoisotopic (exact) mass is 341 g/mol. The van der Waals surface area contributed by atoms with Crippen LogP contribution in [0.1, 0.15) is 24.8 Å². The summed E-state index contributed by atoms with van der Waals surface area (Å²) in [6, 6.07) is 3.59. The average Bonchev–Trinajstić information content (AvgIpc) is 2.63. The van der Waals surface area contributed by atoms with Gasteiger partial charge in [0.25, 0.3) is 0 Å². The number of methoxy groups -OCH3 is 1. The zero-order chi connectivity index (χ0) is 13.1. The minimum absolute atomic E-state index is 0.0274. The van der Waals surface area contributed by atoms with Crippen molar-refractivity contribution in [1.82, 2.24) is 4.72 Å². The Labute approximate surface area is 115 Å². The van der Waals surface area contributed by atoms with Gasteiger partial charge in [0, 0.05) is 12.0 Å². The lowest BCUT2D eigenvalue weighted by atomic mass is 10.3. The second-order valence-corrected chi connectivity index (χ2v) is 8.10. The van der Waals surface area contributed by atoms with Crippen molar-refractivity contribution in [3.8, 4) is 0 Å². The third-order valence-electron chi connectivity index (χ3n) is 2.23. The van der Waals surface area contributed by atoms with Crippen LogP contribution in [0.5, 0.6) is 0 Å². The summed E-state index contributed by atoms with van der Waals surface area (Å²) in [6.07, 6.45) is -0.310. The molecule has 0 spiro atoms. The third kappa shape index (κ3) is 5.05. The number of sulfonamides is 1. The van der Waals surface area contributed by atoms with Crippen molar-refractivity contribution in [2.45, 2.75) is 26.0 Å². The van der Waals surface area contributed by atoms with Gasteiger partial charge in [-0.25, -0.2) is 13.1 Å². The van der Waals surface area contributed by atoms with Crippen molar-refractivity contribution >= 4 is 37.3 Å². The Hall–Kier alpha value is 0.0500. The minimum Gasteiger partial charge on any atom is -0.381 e. The molecule has 1 rings (SSSR count). The SMILES string of the molecule is CO[C@H](C)CS(=O)(=O)N[C@@H](C)c1ccc(Br)s1. The van der Waals surface area contributed by atoms with E-state index in [0.29, 0.717) is 0 Å². The van der Waals surface area contributed by atoms with Crippen LogP contribution in [0.2, 0.25) is 0 Å². The van der Waals surface area contributed by atoms with Crippen molar-refractivity contribution in [2.75, 3.05) is 12.9 Å². The average molecular weight is 342 g/mol. The molecule has 1 aromatic rings. The molecule has 0 amide bonds. The molecule has 98 valence electrons. The van der Waals surface area contributed by atoms with E-state index >= 15 is 0 Å². The van der Waals surface area contributed by atoms with Gasteiger partial charge in [-0.05, 0) is 41.9 Å². The van der Waals surface area contributed by atoms with Crippen LogP contribution in [0.4, 0.5) is 0 Å². The van der Waals surface area contributed by atoms with Crippen molar-refractivity contribution in [1.29, 1.82) is 0 Å². The van der Waals surface area contributed by atoms with Gasteiger partial charge in [-0.2, -0.15) is 0 Å². The van der Waals surface area contributed by atoms with Gasteiger partial charge in [-0.1, -0.05) is 0 Å². The van der Waals surface area contributed by atoms with E-state index in [1.807, 2.05) is 19.1 Å². The van der Waals surface area contributed by atoms with Gasteiger partial charge in [0.1, 0.15) is 0 Å². The summed E-state index contributed by atoms with van der Waals surface area (Å²) in [5.41, 5.74) is 0. The number of hydrogen-bond acceptors (Lipinski definition) is 4. The number of halogens is 1. The Bertz CT molecular complexity index is 458. The van der Waals surface area contributed by atoms with Gasteiger partial charge in [0.15, 0.2) is 0 Å². The van der Waals surface area contributed by atoms with Gasteiger partial charge in [-0.3, -0.25) is 0 Å². The number of hydrogen-bond donors (Lipinski definition) is 1. The summed E-state index contributed by atoms with van der Waals surface area (Å²) in [5, 5.41) is 0. The summed E-state index contributed by atoms with van der Waals surface area (Å²) in [6.45, 7) is 3.55. The fraction of sp³-hybridized carbons (Fsp3) is 0.600. The lowest BCUT2D eigenvalue weighted by molar-refractivity contribution is 0.136. The number of thiophene rings is 1. The Balaban J connectivity index is 2.64. The number of nitrogens with one attached hydrogen (secondary N) is 1. The molecule has 0 unspecified atom stereocenters. The van der Waals surface area contributed by atoms with E-state index in [0.717, 1.165) is 8.66 Å². The molecule has 1 N–H and O–H groups in total. The van der Waals surface area contributed by atoms with E-state index in [1.54, 1.807) is 6.92 Å². The molecule has 17 heavy (non-hydrogen) atoms. The molecule has 0 bridgehead atoms. The van der Waals surface area contributed by atoms with E-state index in [1.165, 1.54) is 18.4 Å².